The first-order valence-electron chi connectivity index (χ1n) is 35.9. The van der Waals surface area contributed by atoms with Gasteiger partial charge in [-0.3, -0.25) is 0 Å². The van der Waals surface area contributed by atoms with Gasteiger partial charge in [0.2, 0.25) is 0 Å². The quantitative estimate of drug-likeness (QED) is 0.137. The highest BCUT2D eigenvalue weighted by Gasteiger charge is 2.52. The summed E-state index contributed by atoms with van der Waals surface area (Å²) in [5.41, 5.74) is 27.7. The van der Waals surface area contributed by atoms with Crippen molar-refractivity contribution in [3.63, 3.8) is 0 Å². The minimum Gasteiger partial charge on any atom is -0.454 e. The second kappa shape index (κ2) is 22.8. The molecule has 0 saturated heterocycles. The van der Waals surface area contributed by atoms with E-state index < -0.39 is 10.8 Å². The van der Waals surface area contributed by atoms with Gasteiger partial charge in [0, 0.05) is 55.4 Å². The van der Waals surface area contributed by atoms with Crippen molar-refractivity contribution in [1.29, 1.82) is 0 Å². The van der Waals surface area contributed by atoms with Crippen LogP contribution in [-0.4, -0.2) is 0 Å². The number of benzene rings is 15. The number of fused-ring (bicyclic) bond motifs is 14. The predicted molar refractivity (Wildman–Crippen MR) is 427 cm³/mol. The summed E-state index contributed by atoms with van der Waals surface area (Å²) in [6.07, 6.45) is 0. The molecule has 0 spiro atoms. The van der Waals surface area contributed by atoms with Crippen LogP contribution in [0.5, 0.6) is 0 Å². The molecule has 490 valence electrons. The fraction of sp³-hybridized carbons (Fsp3) is 0.122. The Bertz CT molecular complexity index is 5780. The van der Waals surface area contributed by atoms with E-state index in [9.17, 15) is 0 Å². The van der Waals surface area contributed by atoms with Gasteiger partial charge in [-0.05, 0) is 209 Å². The van der Waals surface area contributed by atoms with E-state index in [0.717, 1.165) is 99.5 Å². The van der Waals surface area contributed by atoms with Crippen molar-refractivity contribution in [2.45, 2.75) is 77.0 Å². The second-order valence-electron chi connectivity index (χ2n) is 30.4. The zero-order valence-electron chi connectivity index (χ0n) is 58.7. The summed E-state index contributed by atoms with van der Waals surface area (Å²) in [7, 11) is 0. The molecule has 15 aromatic carbocycles. The SMILES string of the molecule is Cc1ccccc1N(c1ccc2cc3c(cc2c1)C(c1ccccc1)(c1ccccc1)c1cc2c(cc1-3)C(c1ccccc1)(c1ccccc1)c1cc3cc(N(c4ccccc4C)c4cccc5c4oc4c(C(C)(C)C)cccc45)ccc3cc1-2)c1cccc2c1oc1c(C(C)(C)C)cccc12. The lowest BCUT2D eigenvalue weighted by atomic mass is 9.66. The van der Waals surface area contributed by atoms with E-state index >= 15 is 0 Å². The molecule has 0 atom stereocenters. The lowest BCUT2D eigenvalue weighted by molar-refractivity contribution is 0.572. The molecule has 0 unspecified atom stereocenters. The molecule has 0 bridgehead atoms. The summed E-state index contributed by atoms with van der Waals surface area (Å²) in [6, 6.07) is 119. The molecule has 4 heteroatoms. The first-order chi connectivity index (χ1) is 49.7. The Morgan fingerprint density at radius 3 is 0.912 bits per heavy atom. The first-order valence-corrected chi connectivity index (χ1v) is 35.9. The highest BCUT2D eigenvalue weighted by atomic mass is 16.3. The molecule has 2 heterocycles. The molecule has 0 saturated carbocycles. The maximum absolute atomic E-state index is 7.19. The Morgan fingerprint density at radius 1 is 0.255 bits per heavy atom. The zero-order valence-corrected chi connectivity index (χ0v) is 58.7. The fourth-order valence-corrected chi connectivity index (χ4v) is 17.8. The zero-order chi connectivity index (χ0) is 69.0. The van der Waals surface area contributed by atoms with Gasteiger partial charge < -0.3 is 18.6 Å². The molecule has 0 aliphatic heterocycles. The number of hydrogen-bond acceptors (Lipinski definition) is 4. The number of aryl methyl sites for hydroxylation is 2. The molecular weight excluding hydrogens is 1240 g/mol. The predicted octanol–water partition coefficient (Wildman–Crippen LogP) is 26.7. The Hall–Kier alpha value is -12.0. The van der Waals surface area contributed by atoms with E-state index in [1.807, 2.05) is 0 Å². The molecule has 2 aliphatic carbocycles. The molecule has 0 N–H and O–H groups in total. The number of nitrogens with zero attached hydrogens (tertiary/aromatic N) is 2. The summed E-state index contributed by atoms with van der Waals surface area (Å²) in [4.78, 5) is 4.84. The third-order valence-electron chi connectivity index (χ3n) is 22.4. The van der Waals surface area contributed by atoms with Crippen molar-refractivity contribution in [1.82, 2.24) is 0 Å². The minimum absolute atomic E-state index is 0.118. The van der Waals surface area contributed by atoms with Crippen LogP contribution in [0.1, 0.15) is 108 Å². The standard InChI is InChI=1S/C98H76N2O2/c1-61-29-21-23-45-87(61)99(89-47-27-41-75-73-39-25-43-81(95(3,4)5)91(73)101-93(75)89)71-51-49-63-55-77-79-59-86-80(60-85(79)97(67-31-13-9-14-32-67,68-33-15-10-16-34-68)83(77)57-65(63)53-71)78-56-64-50-52-72(54-66(64)58-84(78)98(86,69-35-17-11-18-36-69)70-37-19-12-20-38-70)100(88-46-24-22-30-62(88)2)90-48-28-42-76-74-40-26-44-82(96(6,7)8)92(74)102-94(76)90/h9-60H,1-8H3. The summed E-state index contributed by atoms with van der Waals surface area (Å²) < 4.78 is 14.4. The van der Waals surface area contributed by atoms with Crippen LogP contribution < -0.4 is 9.80 Å². The van der Waals surface area contributed by atoms with E-state index in [2.05, 4.69) is 381 Å². The topological polar surface area (TPSA) is 32.8 Å². The first kappa shape index (κ1) is 61.1. The third kappa shape index (κ3) is 9.01. The lowest BCUT2D eigenvalue weighted by Crippen LogP contribution is -2.30. The Morgan fingerprint density at radius 2 is 0.559 bits per heavy atom. The smallest absolute Gasteiger partial charge is 0.159 e. The molecule has 2 aromatic heterocycles. The van der Waals surface area contributed by atoms with Crippen molar-refractivity contribution in [2.75, 3.05) is 9.80 Å². The maximum atomic E-state index is 7.19. The molecule has 2 aliphatic rings. The van der Waals surface area contributed by atoms with Crippen LogP contribution in [0.25, 0.3) is 87.7 Å². The van der Waals surface area contributed by atoms with Gasteiger partial charge in [-0.1, -0.05) is 272 Å². The van der Waals surface area contributed by atoms with Crippen LogP contribution in [0, 0.1) is 13.8 Å². The normalized spacial score (nSPS) is 13.6. The molecule has 0 fully saturated rings. The number of anilines is 6. The minimum atomic E-state index is -0.737. The third-order valence-corrected chi connectivity index (χ3v) is 22.4. The Kier molecular flexibility index (Phi) is 13.7. The van der Waals surface area contributed by atoms with E-state index in [0.29, 0.717) is 0 Å². The Balaban J connectivity index is 0.850. The van der Waals surface area contributed by atoms with Crippen LogP contribution in [0.4, 0.5) is 34.1 Å². The van der Waals surface area contributed by atoms with E-state index in [1.54, 1.807) is 0 Å². The average molecular weight is 1310 g/mol. The number of furan rings is 2. The van der Waals surface area contributed by atoms with Crippen LogP contribution >= 0.6 is 0 Å². The van der Waals surface area contributed by atoms with Gasteiger partial charge in [0.25, 0.3) is 0 Å². The summed E-state index contributed by atoms with van der Waals surface area (Å²) in [6.45, 7) is 18.0. The van der Waals surface area contributed by atoms with Crippen LogP contribution in [0.3, 0.4) is 0 Å². The molecule has 0 radical (unpaired) electrons. The number of hydrogen-bond donors (Lipinski definition) is 0. The molecule has 19 rings (SSSR count). The van der Waals surface area contributed by atoms with Crippen molar-refractivity contribution >= 4 is 99.5 Å². The molecule has 17 aromatic rings. The molecule has 0 amide bonds. The van der Waals surface area contributed by atoms with E-state index in [4.69, 9.17) is 8.83 Å². The van der Waals surface area contributed by atoms with Crippen molar-refractivity contribution in [2.24, 2.45) is 0 Å². The van der Waals surface area contributed by atoms with Crippen LogP contribution in [0.2, 0.25) is 0 Å². The van der Waals surface area contributed by atoms with Gasteiger partial charge in [-0.2, -0.15) is 0 Å². The monoisotopic (exact) mass is 1310 g/mol. The van der Waals surface area contributed by atoms with Gasteiger partial charge in [0.15, 0.2) is 11.2 Å². The van der Waals surface area contributed by atoms with Crippen LogP contribution in [-0.2, 0) is 21.7 Å². The van der Waals surface area contributed by atoms with Gasteiger partial charge in [0.1, 0.15) is 11.2 Å². The van der Waals surface area contributed by atoms with Crippen LogP contribution in [0.15, 0.2) is 324 Å². The molecular formula is C98H76N2O2. The van der Waals surface area contributed by atoms with Gasteiger partial charge in [-0.25, -0.2) is 0 Å². The van der Waals surface area contributed by atoms with Gasteiger partial charge in [-0.15, -0.1) is 0 Å². The highest BCUT2D eigenvalue weighted by Crippen LogP contribution is 2.64. The molecule has 4 nitrogen and oxygen atoms in total. The molecule has 102 heavy (non-hydrogen) atoms. The van der Waals surface area contributed by atoms with Crippen molar-refractivity contribution in [3.05, 3.63) is 382 Å². The van der Waals surface area contributed by atoms with Gasteiger partial charge >= 0.3 is 0 Å². The largest absolute Gasteiger partial charge is 0.454 e. The Labute approximate surface area is 596 Å². The fourth-order valence-electron chi connectivity index (χ4n) is 17.8. The summed E-state index contributed by atoms with van der Waals surface area (Å²) in [5, 5.41) is 9.08. The number of rotatable bonds is 10. The van der Waals surface area contributed by atoms with E-state index in [1.165, 1.54) is 89.0 Å². The lowest BCUT2D eigenvalue weighted by Gasteiger charge is -2.35. The van der Waals surface area contributed by atoms with E-state index in [-0.39, 0.29) is 10.8 Å². The second-order valence-corrected chi connectivity index (χ2v) is 30.4. The average Bonchev–Trinajstić information content (AvgIpc) is 1.50. The number of para-hydroxylation sites is 6. The van der Waals surface area contributed by atoms with Crippen molar-refractivity contribution in [3.8, 4) is 22.3 Å². The van der Waals surface area contributed by atoms with Gasteiger partial charge in [0.05, 0.1) is 22.2 Å². The summed E-state index contributed by atoms with van der Waals surface area (Å²) >= 11 is 0. The summed E-state index contributed by atoms with van der Waals surface area (Å²) in [5.74, 6) is 0. The highest BCUT2D eigenvalue weighted by molar-refractivity contribution is 6.14. The maximum Gasteiger partial charge on any atom is 0.159 e. The van der Waals surface area contributed by atoms with Crippen molar-refractivity contribution < 1.29 is 8.83 Å².